The molecule has 2 aromatic carbocycles. The predicted molar refractivity (Wildman–Crippen MR) is 76.9 cm³/mol. The van der Waals surface area contributed by atoms with Crippen molar-refractivity contribution < 1.29 is 4.79 Å². The first kappa shape index (κ1) is 11.3. The van der Waals surface area contributed by atoms with E-state index in [1.165, 1.54) is 11.3 Å². The van der Waals surface area contributed by atoms with Crippen molar-refractivity contribution in [2.75, 3.05) is 0 Å². The molecule has 2 nitrogen and oxygen atoms in total. The van der Waals surface area contributed by atoms with Crippen molar-refractivity contribution >= 4 is 39.6 Å². The van der Waals surface area contributed by atoms with Crippen molar-refractivity contribution in [2.24, 2.45) is 0 Å². The fraction of sp³-hybridized carbons (Fsp3) is 0. The van der Waals surface area contributed by atoms with Crippen LogP contribution in [0.2, 0.25) is 0 Å². The summed E-state index contributed by atoms with van der Waals surface area (Å²) in [5.74, 6) is 0.0338. The van der Waals surface area contributed by atoms with Crippen LogP contribution in [0.3, 0.4) is 0 Å². The number of nitrogens with one attached hydrogen (secondary N) is 1. The minimum absolute atomic E-state index is 0.0338. The highest BCUT2D eigenvalue weighted by atomic mass is 32.1. The van der Waals surface area contributed by atoms with Gasteiger partial charge in [0.2, 0.25) is 0 Å². The molecule has 0 unspecified atom stereocenters. The molecule has 0 aliphatic rings. The molecular weight excluding hydrogens is 262 g/mol. The number of carbonyl (C=O) groups excluding carboxylic acids is 1. The van der Waals surface area contributed by atoms with Crippen LogP contribution in [-0.2, 0) is 0 Å². The summed E-state index contributed by atoms with van der Waals surface area (Å²) in [6.07, 6.45) is 0. The molecule has 0 radical (unpaired) electrons. The normalized spacial score (nSPS) is 10.7. The molecule has 0 fully saturated rings. The summed E-state index contributed by atoms with van der Waals surface area (Å²) in [5.41, 5.74) is 2.33. The number of thiazole rings is 1. The average molecular weight is 271 g/mol. The van der Waals surface area contributed by atoms with Crippen LogP contribution < -0.4 is 0 Å². The summed E-state index contributed by atoms with van der Waals surface area (Å²) in [5, 5.41) is 0. The number of carbonyl (C=O) groups is 1. The van der Waals surface area contributed by atoms with Gasteiger partial charge in [0, 0.05) is 11.1 Å². The monoisotopic (exact) mass is 271 g/mol. The van der Waals surface area contributed by atoms with Crippen molar-refractivity contribution in [1.29, 1.82) is 0 Å². The van der Waals surface area contributed by atoms with Gasteiger partial charge in [0.05, 0.1) is 10.2 Å². The van der Waals surface area contributed by atoms with Crippen LogP contribution in [0.4, 0.5) is 0 Å². The van der Waals surface area contributed by atoms with Gasteiger partial charge in [-0.2, -0.15) is 0 Å². The van der Waals surface area contributed by atoms with E-state index in [9.17, 15) is 4.79 Å². The van der Waals surface area contributed by atoms with E-state index in [4.69, 9.17) is 12.2 Å². The van der Waals surface area contributed by atoms with Gasteiger partial charge in [-0.15, -0.1) is 11.3 Å². The Kier molecular flexibility index (Phi) is 2.81. The van der Waals surface area contributed by atoms with E-state index < -0.39 is 0 Å². The molecular formula is C14H9NOS2. The number of aromatic amines is 1. The second kappa shape index (κ2) is 4.48. The summed E-state index contributed by atoms with van der Waals surface area (Å²) < 4.78 is 1.62. The molecule has 3 aromatic rings. The Morgan fingerprint density at radius 3 is 2.61 bits per heavy atom. The summed E-state index contributed by atoms with van der Waals surface area (Å²) >= 11 is 6.57. The van der Waals surface area contributed by atoms with Gasteiger partial charge in [-0.25, -0.2) is 0 Å². The Morgan fingerprint density at radius 2 is 1.83 bits per heavy atom. The number of fused-ring (bicyclic) bond motifs is 1. The summed E-state index contributed by atoms with van der Waals surface area (Å²) in [6.45, 7) is 0. The number of H-pyrrole nitrogens is 1. The zero-order valence-electron chi connectivity index (χ0n) is 9.34. The molecule has 0 atom stereocenters. The van der Waals surface area contributed by atoms with Gasteiger partial charge in [-0.3, -0.25) is 4.79 Å². The van der Waals surface area contributed by atoms with Crippen molar-refractivity contribution in [3.63, 3.8) is 0 Å². The molecule has 0 amide bonds. The Bertz CT molecular complexity index is 771. The third-order valence-corrected chi connectivity index (χ3v) is 4.01. The smallest absolute Gasteiger partial charge is 0.194 e. The molecule has 1 heterocycles. The topological polar surface area (TPSA) is 32.9 Å². The van der Waals surface area contributed by atoms with E-state index >= 15 is 0 Å². The highest BCUT2D eigenvalue weighted by Crippen LogP contribution is 2.25. The first-order valence-corrected chi connectivity index (χ1v) is 6.70. The lowest BCUT2D eigenvalue weighted by molar-refractivity contribution is 0.104. The third-order valence-electron chi connectivity index (χ3n) is 2.73. The van der Waals surface area contributed by atoms with Gasteiger partial charge in [0.15, 0.2) is 9.74 Å². The van der Waals surface area contributed by atoms with E-state index in [2.05, 4.69) is 4.98 Å². The van der Waals surface area contributed by atoms with Gasteiger partial charge >= 0.3 is 0 Å². The summed E-state index contributed by atoms with van der Waals surface area (Å²) in [6, 6.07) is 14.9. The van der Waals surface area contributed by atoms with Crippen molar-refractivity contribution in [3.05, 3.63) is 63.6 Å². The lowest BCUT2D eigenvalue weighted by Crippen LogP contribution is -2.00. The molecule has 0 spiro atoms. The van der Waals surface area contributed by atoms with Crippen LogP contribution >= 0.6 is 23.6 Å². The van der Waals surface area contributed by atoms with Crippen molar-refractivity contribution in [1.82, 2.24) is 4.98 Å². The van der Waals surface area contributed by atoms with Gasteiger partial charge in [-0.1, -0.05) is 36.4 Å². The number of aromatic nitrogens is 1. The first-order chi connectivity index (χ1) is 8.75. The predicted octanol–water partition coefficient (Wildman–Crippen LogP) is 4.19. The standard InChI is InChI=1S/C14H9NOS2/c16-12(9-5-2-1-3-6-9)10-7-4-8-11-13(10)18-14(17)15-11/h1-8H,(H,15,17). The number of hydrogen-bond acceptors (Lipinski definition) is 3. The van der Waals surface area contributed by atoms with Gasteiger partial charge in [0.1, 0.15) is 0 Å². The zero-order chi connectivity index (χ0) is 12.5. The fourth-order valence-corrected chi connectivity index (χ4v) is 3.10. The van der Waals surface area contributed by atoms with Gasteiger partial charge < -0.3 is 4.98 Å². The molecule has 0 saturated carbocycles. The van der Waals surface area contributed by atoms with Crippen molar-refractivity contribution in [3.8, 4) is 0 Å². The molecule has 1 aromatic heterocycles. The van der Waals surface area contributed by atoms with Crippen LogP contribution in [0.25, 0.3) is 10.2 Å². The maximum absolute atomic E-state index is 12.4. The highest BCUT2D eigenvalue weighted by Gasteiger charge is 2.13. The molecule has 0 bridgehead atoms. The van der Waals surface area contributed by atoms with Crippen LogP contribution in [0, 0.1) is 3.95 Å². The third kappa shape index (κ3) is 1.89. The average Bonchev–Trinajstić information content (AvgIpc) is 2.79. The van der Waals surface area contributed by atoms with Crippen LogP contribution in [0.1, 0.15) is 15.9 Å². The maximum atomic E-state index is 12.4. The quantitative estimate of drug-likeness (QED) is 0.560. The lowest BCUT2D eigenvalue weighted by atomic mass is 10.0. The minimum atomic E-state index is 0.0338. The molecule has 88 valence electrons. The number of ketones is 1. The second-order valence-electron chi connectivity index (χ2n) is 3.89. The lowest BCUT2D eigenvalue weighted by Gasteiger charge is -2.01. The van der Waals surface area contributed by atoms with Crippen LogP contribution in [0.5, 0.6) is 0 Å². The van der Waals surface area contributed by atoms with E-state index in [0.717, 1.165) is 10.2 Å². The van der Waals surface area contributed by atoms with Gasteiger partial charge in [-0.05, 0) is 24.4 Å². The molecule has 1 N–H and O–H groups in total. The number of hydrogen-bond donors (Lipinski definition) is 1. The second-order valence-corrected chi connectivity index (χ2v) is 5.58. The Labute approximate surface area is 113 Å². The summed E-state index contributed by atoms with van der Waals surface area (Å²) in [4.78, 5) is 15.5. The molecule has 0 saturated heterocycles. The molecule has 0 aliphatic heterocycles. The van der Waals surface area contributed by atoms with Crippen LogP contribution in [-0.4, -0.2) is 10.8 Å². The maximum Gasteiger partial charge on any atom is 0.194 e. The van der Waals surface area contributed by atoms with E-state index in [0.29, 0.717) is 15.1 Å². The van der Waals surface area contributed by atoms with Crippen LogP contribution in [0.15, 0.2) is 48.5 Å². The minimum Gasteiger partial charge on any atom is -0.337 e. The Morgan fingerprint density at radius 1 is 1.06 bits per heavy atom. The molecule has 4 heteroatoms. The van der Waals surface area contributed by atoms with Gasteiger partial charge in [0.25, 0.3) is 0 Å². The van der Waals surface area contributed by atoms with Crippen molar-refractivity contribution in [2.45, 2.75) is 0 Å². The SMILES string of the molecule is O=C(c1ccccc1)c1cccc2[nH]c(=S)sc12. The molecule has 0 aliphatic carbocycles. The Hall–Kier alpha value is -1.78. The van der Waals surface area contributed by atoms with E-state index in [1.807, 2.05) is 48.5 Å². The number of benzene rings is 2. The molecule has 3 rings (SSSR count). The first-order valence-electron chi connectivity index (χ1n) is 5.47. The largest absolute Gasteiger partial charge is 0.337 e. The van der Waals surface area contributed by atoms with E-state index in [-0.39, 0.29) is 5.78 Å². The summed E-state index contributed by atoms with van der Waals surface area (Å²) in [7, 11) is 0. The number of rotatable bonds is 2. The van der Waals surface area contributed by atoms with E-state index in [1.54, 1.807) is 0 Å². The molecule has 18 heavy (non-hydrogen) atoms. The Balaban J connectivity index is 2.21. The fourth-order valence-electron chi connectivity index (χ4n) is 1.90. The zero-order valence-corrected chi connectivity index (χ0v) is 11.0. The highest BCUT2D eigenvalue weighted by molar-refractivity contribution is 7.73.